The Hall–Kier alpha value is -3.61. The number of carbonyl (C=O) groups is 3. The number of urea groups is 1. The molecule has 3 heterocycles. The van der Waals surface area contributed by atoms with Crippen LogP contribution in [0.3, 0.4) is 0 Å². The highest BCUT2D eigenvalue weighted by molar-refractivity contribution is 6.11. The van der Waals surface area contributed by atoms with Gasteiger partial charge in [0.1, 0.15) is 6.04 Å². The normalized spacial score (nSPS) is 20.6. The largest absolute Gasteiger partial charge is 0.356 e. The molecule has 4 amide bonds. The van der Waals surface area contributed by atoms with E-state index in [-0.39, 0.29) is 17.7 Å². The number of hydrogen-bond donors (Lipinski definition) is 2. The molecule has 2 N–H and O–H groups in total. The van der Waals surface area contributed by atoms with Crippen molar-refractivity contribution in [2.45, 2.75) is 45.2 Å². The third-order valence-corrected chi connectivity index (χ3v) is 7.23. The van der Waals surface area contributed by atoms with Crippen LogP contribution in [0.15, 0.2) is 54.6 Å². The maximum atomic E-state index is 13.9. The Morgan fingerprint density at radius 2 is 1.79 bits per heavy atom. The number of para-hydroxylation sites is 1. The number of carbonyl (C=O) groups excluding carboxylic acids is 3. The van der Waals surface area contributed by atoms with Gasteiger partial charge < -0.3 is 15.2 Å². The highest BCUT2D eigenvalue weighted by atomic mass is 16.2. The number of amides is 4. The van der Waals surface area contributed by atoms with Crippen molar-refractivity contribution in [1.29, 1.82) is 0 Å². The van der Waals surface area contributed by atoms with Crippen LogP contribution in [0.2, 0.25) is 0 Å². The molecule has 2 atom stereocenters. The van der Waals surface area contributed by atoms with Gasteiger partial charge in [0.15, 0.2) is 5.54 Å². The Kier molecular flexibility index (Phi) is 5.42. The third kappa shape index (κ3) is 3.30. The molecular weight excluding hydrogens is 428 g/mol. The number of nitrogens with one attached hydrogen (secondary N) is 2. The summed E-state index contributed by atoms with van der Waals surface area (Å²) in [6.45, 7) is 6.42. The summed E-state index contributed by atoms with van der Waals surface area (Å²) in [7, 11) is 0. The van der Waals surface area contributed by atoms with Gasteiger partial charge in [-0.3, -0.25) is 9.59 Å². The van der Waals surface area contributed by atoms with Gasteiger partial charge in [0.25, 0.3) is 5.91 Å². The maximum absolute atomic E-state index is 13.9. The van der Waals surface area contributed by atoms with E-state index in [0.29, 0.717) is 25.9 Å². The van der Waals surface area contributed by atoms with Gasteiger partial charge in [0.05, 0.1) is 5.69 Å². The Balaban J connectivity index is 1.43. The molecule has 0 unspecified atom stereocenters. The molecule has 2 aromatic carbocycles. The summed E-state index contributed by atoms with van der Waals surface area (Å²) >= 11 is 0. The quantitative estimate of drug-likeness (QED) is 0.554. The number of nitrogens with zero attached hydrogens (tertiary/aromatic N) is 2. The number of fused-ring (bicyclic) bond motifs is 5. The van der Waals surface area contributed by atoms with Gasteiger partial charge in [0.2, 0.25) is 5.91 Å². The Morgan fingerprint density at radius 3 is 2.53 bits per heavy atom. The number of imide groups is 1. The lowest BCUT2D eigenvalue weighted by atomic mass is 9.86. The average Bonchev–Trinajstić information content (AvgIpc) is 3.30. The Morgan fingerprint density at radius 1 is 1.09 bits per heavy atom. The summed E-state index contributed by atoms with van der Waals surface area (Å²) in [5, 5.41) is 4.03. The van der Waals surface area contributed by atoms with Gasteiger partial charge in [-0.05, 0) is 42.9 Å². The molecule has 34 heavy (non-hydrogen) atoms. The van der Waals surface area contributed by atoms with Crippen LogP contribution in [0, 0.1) is 5.92 Å². The smallest absolute Gasteiger partial charge is 0.328 e. The highest BCUT2D eigenvalue weighted by Crippen LogP contribution is 2.45. The van der Waals surface area contributed by atoms with Crippen LogP contribution < -0.4 is 5.32 Å². The van der Waals surface area contributed by atoms with E-state index in [4.69, 9.17) is 0 Å². The molecule has 176 valence electrons. The zero-order valence-corrected chi connectivity index (χ0v) is 19.8. The molecule has 3 aromatic rings. The summed E-state index contributed by atoms with van der Waals surface area (Å²) in [5.41, 5.74) is 2.75. The summed E-state index contributed by atoms with van der Waals surface area (Å²) in [5.74, 6) is -0.869. The van der Waals surface area contributed by atoms with Crippen molar-refractivity contribution in [2.75, 3.05) is 13.1 Å². The van der Waals surface area contributed by atoms with Crippen LogP contribution in [0.5, 0.6) is 0 Å². The number of H-pyrrole nitrogens is 1. The van der Waals surface area contributed by atoms with Crippen LogP contribution in [-0.4, -0.2) is 51.8 Å². The molecule has 1 aromatic heterocycles. The van der Waals surface area contributed by atoms with Crippen LogP contribution >= 0.6 is 0 Å². The van der Waals surface area contributed by atoms with Gasteiger partial charge in [-0.15, -0.1) is 0 Å². The van der Waals surface area contributed by atoms with Crippen LogP contribution in [0.4, 0.5) is 4.79 Å². The molecule has 0 bridgehead atoms. The van der Waals surface area contributed by atoms with Gasteiger partial charge in [-0.2, -0.15) is 0 Å². The number of hydrogen-bond acceptors (Lipinski definition) is 3. The van der Waals surface area contributed by atoms with E-state index in [1.807, 2.05) is 68.4 Å². The molecule has 2 aliphatic heterocycles. The first-order valence-corrected chi connectivity index (χ1v) is 11.9. The minimum Gasteiger partial charge on any atom is -0.356 e. The Bertz CT molecular complexity index is 1270. The monoisotopic (exact) mass is 458 g/mol. The van der Waals surface area contributed by atoms with Crippen LogP contribution in [0.25, 0.3) is 10.9 Å². The first-order valence-electron chi connectivity index (χ1n) is 11.9. The molecule has 5 rings (SSSR count). The van der Waals surface area contributed by atoms with E-state index in [2.05, 4.69) is 10.3 Å². The fourth-order valence-corrected chi connectivity index (χ4v) is 5.46. The third-order valence-electron chi connectivity index (χ3n) is 7.23. The van der Waals surface area contributed by atoms with Gasteiger partial charge in [0, 0.05) is 24.0 Å². The Labute approximate surface area is 199 Å². The van der Waals surface area contributed by atoms with E-state index in [0.717, 1.165) is 27.7 Å². The van der Waals surface area contributed by atoms with Gasteiger partial charge >= 0.3 is 6.03 Å². The van der Waals surface area contributed by atoms with Crippen molar-refractivity contribution in [2.24, 2.45) is 5.92 Å². The lowest BCUT2D eigenvalue weighted by Gasteiger charge is -2.36. The van der Waals surface area contributed by atoms with Crippen LogP contribution in [0.1, 0.15) is 37.6 Å². The molecule has 0 aliphatic carbocycles. The van der Waals surface area contributed by atoms with Gasteiger partial charge in [-0.25, -0.2) is 9.69 Å². The minimum atomic E-state index is -1.15. The van der Waals surface area contributed by atoms with Crippen molar-refractivity contribution in [1.82, 2.24) is 20.1 Å². The van der Waals surface area contributed by atoms with Crippen molar-refractivity contribution >= 4 is 28.7 Å². The highest BCUT2D eigenvalue weighted by Gasteiger charge is 2.61. The SMILES string of the molecule is CC(C)[C@@H](C(=O)NCCc1ccccc1)N1C(=O)N2CCc3c([nH]c4ccccc34)[C@@]2(C)C1=O. The fraction of sp³-hybridized carbons (Fsp3) is 0.370. The summed E-state index contributed by atoms with van der Waals surface area (Å²) in [6, 6.07) is 16.6. The van der Waals surface area contributed by atoms with E-state index in [9.17, 15) is 14.4 Å². The van der Waals surface area contributed by atoms with Crippen LogP contribution in [-0.2, 0) is 28.0 Å². The van der Waals surface area contributed by atoms with E-state index in [1.54, 1.807) is 11.8 Å². The molecule has 0 spiro atoms. The molecule has 1 fully saturated rings. The predicted molar refractivity (Wildman–Crippen MR) is 130 cm³/mol. The van der Waals surface area contributed by atoms with E-state index in [1.165, 1.54) is 4.90 Å². The molecule has 7 heteroatoms. The van der Waals surface area contributed by atoms with Crippen molar-refractivity contribution < 1.29 is 14.4 Å². The summed E-state index contributed by atoms with van der Waals surface area (Å²) in [4.78, 5) is 47.0. The van der Waals surface area contributed by atoms with Crippen molar-refractivity contribution in [3.05, 3.63) is 71.4 Å². The average molecular weight is 459 g/mol. The summed E-state index contributed by atoms with van der Waals surface area (Å²) in [6.07, 6.45) is 1.35. The molecule has 0 saturated carbocycles. The first kappa shape index (κ1) is 22.2. The standard InChI is InChI=1S/C27H30N4O3/c1-17(2)22(24(32)28-15-13-18-9-5-4-6-10-18)31-25(33)27(3)23-20(14-16-30(27)26(31)34)19-11-7-8-12-21(19)29-23/h4-12,17,22,29H,13-16H2,1-3H3,(H,28,32)/t22-,27-/m0/s1. The van der Waals surface area contributed by atoms with Crippen molar-refractivity contribution in [3.8, 4) is 0 Å². The fourth-order valence-electron chi connectivity index (χ4n) is 5.46. The second kappa shape index (κ2) is 8.31. The lowest BCUT2D eigenvalue weighted by Crippen LogP contribution is -2.53. The number of rotatable bonds is 6. The molecule has 2 aliphatic rings. The lowest BCUT2D eigenvalue weighted by molar-refractivity contribution is -0.140. The summed E-state index contributed by atoms with van der Waals surface area (Å²) < 4.78 is 0. The van der Waals surface area contributed by atoms with Crippen molar-refractivity contribution in [3.63, 3.8) is 0 Å². The van der Waals surface area contributed by atoms with E-state index >= 15 is 0 Å². The molecule has 1 saturated heterocycles. The predicted octanol–water partition coefficient (Wildman–Crippen LogP) is 3.59. The number of aromatic nitrogens is 1. The molecule has 7 nitrogen and oxygen atoms in total. The second-order valence-corrected chi connectivity index (χ2v) is 9.67. The van der Waals surface area contributed by atoms with E-state index < -0.39 is 17.6 Å². The maximum Gasteiger partial charge on any atom is 0.328 e. The zero-order chi connectivity index (χ0) is 24.0. The molecular formula is C27H30N4O3. The number of aromatic amines is 1. The second-order valence-electron chi connectivity index (χ2n) is 9.67. The topological polar surface area (TPSA) is 85.5 Å². The zero-order valence-electron chi connectivity index (χ0n) is 19.8. The van der Waals surface area contributed by atoms with Gasteiger partial charge in [-0.1, -0.05) is 62.4 Å². The molecule has 0 radical (unpaired) electrons. The first-order chi connectivity index (χ1) is 16.3. The minimum absolute atomic E-state index is 0.225. The number of benzene rings is 2.